The van der Waals surface area contributed by atoms with Gasteiger partial charge in [0.05, 0.1) is 0 Å². The van der Waals surface area contributed by atoms with Crippen LogP contribution in [0, 0.1) is 5.92 Å². The minimum absolute atomic E-state index is 0.166. The topological polar surface area (TPSA) is 67.2 Å². The Hall–Kier alpha value is -1.69. The van der Waals surface area contributed by atoms with Crippen molar-refractivity contribution in [3.8, 4) is 0 Å². The molecular weight excluding hydrogens is 292 g/mol. The average molecular weight is 320 g/mol. The second-order valence-corrected chi connectivity index (χ2v) is 6.54. The third-order valence-electron chi connectivity index (χ3n) is 4.39. The van der Waals surface area contributed by atoms with Crippen molar-refractivity contribution in [2.75, 3.05) is 19.6 Å². The third-order valence-corrected chi connectivity index (χ3v) is 4.39. The molecule has 6 nitrogen and oxygen atoms in total. The maximum absolute atomic E-state index is 12.3. The van der Waals surface area contributed by atoms with E-state index in [1.54, 1.807) is 0 Å². The monoisotopic (exact) mass is 320 g/mol. The van der Waals surface area contributed by atoms with E-state index in [0.717, 1.165) is 19.5 Å². The van der Waals surface area contributed by atoms with Crippen LogP contribution in [0.4, 0.5) is 0 Å². The number of carbonyl (C=O) groups excluding carboxylic acids is 1. The van der Waals surface area contributed by atoms with E-state index >= 15 is 0 Å². The van der Waals surface area contributed by atoms with Crippen molar-refractivity contribution in [2.45, 2.75) is 52.6 Å². The fourth-order valence-corrected chi connectivity index (χ4v) is 3.09. The van der Waals surface area contributed by atoms with Gasteiger partial charge in [0.2, 0.25) is 0 Å². The zero-order valence-electron chi connectivity index (χ0n) is 14.4. The first-order valence-electron chi connectivity index (χ1n) is 8.63. The summed E-state index contributed by atoms with van der Waals surface area (Å²) in [7, 11) is 0. The van der Waals surface area contributed by atoms with E-state index in [4.69, 9.17) is 0 Å². The van der Waals surface area contributed by atoms with Crippen LogP contribution in [0.2, 0.25) is 0 Å². The van der Waals surface area contributed by atoms with Gasteiger partial charge in [-0.1, -0.05) is 20.8 Å². The van der Waals surface area contributed by atoms with E-state index in [1.165, 1.54) is 29.7 Å². The fraction of sp³-hybridized carbons (Fsp3) is 0.706. The summed E-state index contributed by atoms with van der Waals surface area (Å²) in [6.45, 7) is 9.72. The fourth-order valence-electron chi connectivity index (χ4n) is 3.09. The zero-order valence-corrected chi connectivity index (χ0v) is 14.4. The van der Waals surface area contributed by atoms with Gasteiger partial charge in [-0.05, 0) is 44.3 Å². The van der Waals surface area contributed by atoms with E-state index < -0.39 is 0 Å². The lowest BCUT2D eigenvalue weighted by Gasteiger charge is -2.30. The molecular formula is C17H28N4O2. The highest BCUT2D eigenvalue weighted by atomic mass is 16.2. The largest absolute Gasteiger partial charge is 0.349 e. The van der Waals surface area contributed by atoms with Crippen LogP contribution in [0.5, 0.6) is 0 Å². The lowest BCUT2D eigenvalue weighted by molar-refractivity contribution is 0.0919. The first-order chi connectivity index (χ1) is 11.0. The first-order valence-corrected chi connectivity index (χ1v) is 8.63. The van der Waals surface area contributed by atoms with E-state index in [-0.39, 0.29) is 11.5 Å². The van der Waals surface area contributed by atoms with Gasteiger partial charge in [0.15, 0.2) is 0 Å². The Balaban J connectivity index is 2.00. The summed E-state index contributed by atoms with van der Waals surface area (Å²) in [4.78, 5) is 26.5. The van der Waals surface area contributed by atoms with Gasteiger partial charge >= 0.3 is 0 Å². The molecule has 0 saturated carbocycles. The molecule has 1 aromatic heterocycles. The van der Waals surface area contributed by atoms with Crippen LogP contribution >= 0.6 is 0 Å². The van der Waals surface area contributed by atoms with Crippen LogP contribution in [0.25, 0.3) is 0 Å². The molecule has 1 fully saturated rings. The summed E-state index contributed by atoms with van der Waals surface area (Å²) in [6, 6.07) is 3.27. The molecule has 1 aliphatic heterocycles. The van der Waals surface area contributed by atoms with Crippen molar-refractivity contribution >= 4 is 5.91 Å². The van der Waals surface area contributed by atoms with Crippen LogP contribution in [0.15, 0.2) is 16.9 Å². The molecule has 1 aromatic rings. The number of likely N-dealkylation sites (tertiary alicyclic amines) is 1. The predicted molar refractivity (Wildman–Crippen MR) is 90.6 cm³/mol. The summed E-state index contributed by atoms with van der Waals surface area (Å²) in [5, 5.41) is 7.15. The molecule has 2 rings (SSSR count). The molecule has 0 spiro atoms. The first kappa shape index (κ1) is 17.7. The van der Waals surface area contributed by atoms with Gasteiger partial charge in [-0.3, -0.25) is 14.5 Å². The lowest BCUT2D eigenvalue weighted by Crippen LogP contribution is -2.46. The summed E-state index contributed by atoms with van der Waals surface area (Å²) in [6.07, 6.45) is 3.28. The Kier molecular flexibility index (Phi) is 6.33. The zero-order chi connectivity index (χ0) is 16.8. The van der Waals surface area contributed by atoms with Crippen molar-refractivity contribution in [3.63, 3.8) is 0 Å². The summed E-state index contributed by atoms with van der Waals surface area (Å²) >= 11 is 0. The Morgan fingerprint density at radius 1 is 1.30 bits per heavy atom. The number of hydrogen-bond donors (Lipinski definition) is 1. The van der Waals surface area contributed by atoms with E-state index in [2.05, 4.69) is 29.2 Å². The molecule has 2 heterocycles. The van der Waals surface area contributed by atoms with E-state index in [0.29, 0.717) is 30.7 Å². The maximum Gasteiger partial charge on any atom is 0.271 e. The average Bonchev–Trinajstić information content (AvgIpc) is 3.03. The molecule has 0 aromatic carbocycles. The maximum atomic E-state index is 12.3. The SMILES string of the molecule is CCCn1nc(C(=O)NC[C@@H](C(C)C)N2CCCC2)ccc1=O. The van der Waals surface area contributed by atoms with Gasteiger partial charge in [0.1, 0.15) is 5.69 Å². The summed E-state index contributed by atoms with van der Waals surface area (Å²) in [5.74, 6) is 0.273. The van der Waals surface area contributed by atoms with E-state index in [1.807, 2.05) is 6.92 Å². The number of aromatic nitrogens is 2. The number of nitrogens with zero attached hydrogens (tertiary/aromatic N) is 3. The molecule has 128 valence electrons. The number of carbonyl (C=O) groups is 1. The Morgan fingerprint density at radius 3 is 2.61 bits per heavy atom. The molecule has 1 N–H and O–H groups in total. The summed E-state index contributed by atoms with van der Waals surface area (Å²) < 4.78 is 1.36. The molecule has 6 heteroatoms. The Bertz CT molecular complexity index is 576. The van der Waals surface area contributed by atoms with Crippen LogP contribution in [0.1, 0.15) is 50.5 Å². The molecule has 0 aliphatic carbocycles. The highest BCUT2D eigenvalue weighted by molar-refractivity contribution is 5.92. The molecule has 0 unspecified atom stereocenters. The molecule has 1 amide bonds. The van der Waals surface area contributed by atoms with Crippen molar-refractivity contribution < 1.29 is 4.79 Å². The van der Waals surface area contributed by atoms with Crippen molar-refractivity contribution in [3.05, 3.63) is 28.2 Å². The van der Waals surface area contributed by atoms with Gasteiger partial charge in [0.25, 0.3) is 11.5 Å². The highest BCUT2D eigenvalue weighted by Gasteiger charge is 2.25. The number of amides is 1. The standard InChI is InChI=1S/C17H28N4O2/c1-4-9-21-16(22)8-7-14(19-21)17(23)18-12-15(13(2)3)20-10-5-6-11-20/h7-8,13,15H,4-6,9-12H2,1-3H3,(H,18,23)/t15-/m0/s1. The van der Waals surface area contributed by atoms with Crippen LogP contribution in [-0.2, 0) is 6.54 Å². The summed E-state index contributed by atoms with van der Waals surface area (Å²) in [5.41, 5.74) is 0.141. The number of aryl methyl sites for hydroxylation is 1. The van der Waals surface area contributed by atoms with Crippen LogP contribution < -0.4 is 10.9 Å². The van der Waals surface area contributed by atoms with Crippen molar-refractivity contribution in [1.29, 1.82) is 0 Å². The second kappa shape index (κ2) is 8.24. The van der Waals surface area contributed by atoms with Crippen LogP contribution in [0.3, 0.4) is 0 Å². The van der Waals surface area contributed by atoms with Gasteiger partial charge in [0, 0.05) is 25.2 Å². The normalized spacial score (nSPS) is 16.7. The van der Waals surface area contributed by atoms with Gasteiger partial charge in [-0.25, -0.2) is 4.68 Å². The van der Waals surface area contributed by atoms with Gasteiger partial charge in [-0.15, -0.1) is 0 Å². The second-order valence-electron chi connectivity index (χ2n) is 6.54. The lowest BCUT2D eigenvalue weighted by atomic mass is 10.0. The Labute approximate surface area is 137 Å². The van der Waals surface area contributed by atoms with Crippen molar-refractivity contribution in [2.24, 2.45) is 5.92 Å². The molecule has 1 aliphatic rings. The highest BCUT2D eigenvalue weighted by Crippen LogP contribution is 2.17. The minimum Gasteiger partial charge on any atom is -0.349 e. The number of rotatable bonds is 7. The molecule has 0 radical (unpaired) electrons. The smallest absolute Gasteiger partial charge is 0.271 e. The molecule has 1 saturated heterocycles. The predicted octanol–water partition coefficient (Wildman–Crippen LogP) is 1.50. The number of nitrogens with one attached hydrogen (secondary N) is 1. The quantitative estimate of drug-likeness (QED) is 0.827. The molecule has 0 bridgehead atoms. The minimum atomic E-state index is -0.209. The van der Waals surface area contributed by atoms with E-state index in [9.17, 15) is 9.59 Å². The number of hydrogen-bond acceptors (Lipinski definition) is 4. The third kappa shape index (κ3) is 4.64. The molecule has 23 heavy (non-hydrogen) atoms. The van der Waals surface area contributed by atoms with Crippen LogP contribution in [-0.4, -0.2) is 46.3 Å². The van der Waals surface area contributed by atoms with Gasteiger partial charge < -0.3 is 5.32 Å². The van der Waals surface area contributed by atoms with Gasteiger partial charge in [-0.2, -0.15) is 5.10 Å². The van der Waals surface area contributed by atoms with Crippen molar-refractivity contribution in [1.82, 2.24) is 20.0 Å². The molecule has 1 atom stereocenters. The Morgan fingerprint density at radius 2 is 2.00 bits per heavy atom.